The van der Waals surface area contributed by atoms with Crippen LogP contribution in [0.1, 0.15) is 16.2 Å². The maximum atomic E-state index is 12.3. The minimum atomic E-state index is -0.466. The molecule has 0 aliphatic heterocycles. The quantitative estimate of drug-likeness (QED) is 0.684. The predicted molar refractivity (Wildman–Crippen MR) is 97.0 cm³/mol. The Morgan fingerprint density at radius 1 is 1.00 bits per heavy atom. The highest BCUT2D eigenvalue weighted by molar-refractivity contribution is 5.89. The third-order valence-electron chi connectivity index (χ3n) is 3.84. The van der Waals surface area contributed by atoms with Crippen molar-refractivity contribution in [2.24, 2.45) is 0 Å². The second kappa shape index (κ2) is 8.22. The first-order chi connectivity index (χ1) is 13.1. The first kappa shape index (κ1) is 18.2. The van der Waals surface area contributed by atoms with Gasteiger partial charge < -0.3 is 23.9 Å². The summed E-state index contributed by atoms with van der Waals surface area (Å²) in [5.41, 5.74) is 1.51. The number of aromatic nitrogens is 2. The third kappa shape index (κ3) is 4.17. The summed E-state index contributed by atoms with van der Waals surface area (Å²) in [6.45, 7) is 0.274. The molecular formula is C19H19N3O5. The maximum absolute atomic E-state index is 12.3. The molecule has 0 spiro atoms. The number of carbonyl (C=O) groups excluding carboxylic acids is 1. The number of nitrogens with one attached hydrogen (secondary N) is 1. The molecule has 1 heterocycles. The van der Waals surface area contributed by atoms with Gasteiger partial charge in [0, 0.05) is 12.1 Å². The number of benzene rings is 2. The number of amides is 1. The van der Waals surface area contributed by atoms with Crippen LogP contribution in [0.3, 0.4) is 0 Å². The van der Waals surface area contributed by atoms with Gasteiger partial charge in [-0.25, -0.2) is 0 Å². The van der Waals surface area contributed by atoms with E-state index in [2.05, 4.69) is 15.5 Å². The Bertz CT molecular complexity index is 939. The van der Waals surface area contributed by atoms with Crippen molar-refractivity contribution in [3.05, 3.63) is 53.9 Å². The van der Waals surface area contributed by atoms with Gasteiger partial charge >= 0.3 is 11.8 Å². The van der Waals surface area contributed by atoms with Crippen molar-refractivity contribution in [2.45, 2.75) is 6.54 Å². The lowest BCUT2D eigenvalue weighted by atomic mass is 10.2. The molecule has 0 bridgehead atoms. The Balaban J connectivity index is 1.68. The number of ether oxygens (including phenoxy) is 3. The van der Waals surface area contributed by atoms with Crippen LogP contribution in [0, 0.1) is 0 Å². The summed E-state index contributed by atoms with van der Waals surface area (Å²) < 4.78 is 21.1. The summed E-state index contributed by atoms with van der Waals surface area (Å²) >= 11 is 0. The molecule has 140 valence electrons. The van der Waals surface area contributed by atoms with E-state index in [4.69, 9.17) is 18.6 Å². The third-order valence-corrected chi connectivity index (χ3v) is 3.84. The van der Waals surface area contributed by atoms with Crippen molar-refractivity contribution in [1.82, 2.24) is 15.5 Å². The van der Waals surface area contributed by atoms with Crippen molar-refractivity contribution in [3.63, 3.8) is 0 Å². The van der Waals surface area contributed by atoms with Crippen LogP contribution in [0.2, 0.25) is 0 Å². The second-order valence-corrected chi connectivity index (χ2v) is 5.52. The minimum Gasteiger partial charge on any atom is -0.497 e. The normalized spacial score (nSPS) is 10.3. The van der Waals surface area contributed by atoms with Crippen molar-refractivity contribution in [2.75, 3.05) is 21.3 Å². The fourth-order valence-corrected chi connectivity index (χ4v) is 2.44. The molecule has 0 saturated carbocycles. The van der Waals surface area contributed by atoms with E-state index < -0.39 is 5.91 Å². The summed E-state index contributed by atoms with van der Waals surface area (Å²) in [4.78, 5) is 12.3. The highest BCUT2D eigenvalue weighted by Crippen LogP contribution is 2.27. The Labute approximate surface area is 156 Å². The molecule has 0 radical (unpaired) electrons. The number of rotatable bonds is 7. The molecule has 8 heteroatoms. The molecular weight excluding hydrogens is 350 g/mol. The van der Waals surface area contributed by atoms with Gasteiger partial charge in [0.25, 0.3) is 0 Å². The Hall–Kier alpha value is -3.55. The smallest absolute Gasteiger partial charge is 0.309 e. The van der Waals surface area contributed by atoms with E-state index in [1.165, 1.54) is 0 Å². The first-order valence-electron chi connectivity index (χ1n) is 8.11. The molecule has 0 aliphatic rings. The van der Waals surface area contributed by atoms with E-state index >= 15 is 0 Å². The monoisotopic (exact) mass is 369 g/mol. The average Bonchev–Trinajstić information content (AvgIpc) is 3.22. The largest absolute Gasteiger partial charge is 0.497 e. The van der Waals surface area contributed by atoms with Gasteiger partial charge in [-0.2, -0.15) is 0 Å². The fourth-order valence-electron chi connectivity index (χ4n) is 2.44. The van der Waals surface area contributed by atoms with Gasteiger partial charge in [-0.1, -0.05) is 12.1 Å². The zero-order valence-electron chi connectivity index (χ0n) is 15.2. The van der Waals surface area contributed by atoms with Crippen LogP contribution < -0.4 is 19.5 Å². The zero-order valence-corrected chi connectivity index (χ0v) is 15.2. The van der Waals surface area contributed by atoms with Crippen LogP contribution >= 0.6 is 0 Å². The van der Waals surface area contributed by atoms with Gasteiger partial charge in [-0.05, 0) is 35.9 Å². The van der Waals surface area contributed by atoms with Crippen LogP contribution in [0.25, 0.3) is 11.5 Å². The van der Waals surface area contributed by atoms with Crippen LogP contribution in [-0.4, -0.2) is 37.4 Å². The highest BCUT2D eigenvalue weighted by atomic mass is 16.5. The SMILES string of the molecule is COc1cccc(-c2nnc(C(=O)NCc3ccc(OC)c(OC)c3)o2)c1. The molecule has 0 unspecified atom stereocenters. The standard InChI is InChI=1S/C19H19N3O5/c1-24-14-6-4-5-13(10-14)18-21-22-19(27-18)17(23)20-11-12-7-8-15(25-2)16(9-12)26-3/h4-10H,11H2,1-3H3,(H,20,23). The van der Waals surface area contributed by atoms with E-state index in [0.29, 0.717) is 22.8 Å². The van der Waals surface area contributed by atoms with Gasteiger partial charge in [-0.15, -0.1) is 10.2 Å². The Morgan fingerprint density at radius 2 is 1.81 bits per heavy atom. The summed E-state index contributed by atoms with van der Waals surface area (Å²) in [6, 6.07) is 12.5. The molecule has 8 nitrogen and oxygen atoms in total. The lowest BCUT2D eigenvalue weighted by molar-refractivity contribution is 0.0917. The first-order valence-corrected chi connectivity index (χ1v) is 8.11. The van der Waals surface area contributed by atoms with Gasteiger partial charge in [0.05, 0.1) is 21.3 Å². The molecule has 3 rings (SSSR count). The van der Waals surface area contributed by atoms with E-state index in [1.807, 2.05) is 6.07 Å². The number of methoxy groups -OCH3 is 3. The number of nitrogens with zero attached hydrogens (tertiary/aromatic N) is 2. The lowest BCUT2D eigenvalue weighted by Crippen LogP contribution is -2.23. The van der Waals surface area contributed by atoms with Gasteiger partial charge in [0.2, 0.25) is 5.89 Å². The molecule has 0 saturated heterocycles. The van der Waals surface area contributed by atoms with E-state index in [-0.39, 0.29) is 18.3 Å². The Kier molecular flexibility index (Phi) is 5.55. The fraction of sp³-hybridized carbons (Fsp3) is 0.211. The van der Waals surface area contributed by atoms with Crippen LogP contribution in [0.15, 0.2) is 46.9 Å². The van der Waals surface area contributed by atoms with E-state index in [9.17, 15) is 4.79 Å². The topological polar surface area (TPSA) is 95.7 Å². The van der Waals surface area contributed by atoms with Gasteiger partial charge in [0.15, 0.2) is 11.5 Å². The maximum Gasteiger partial charge on any atom is 0.309 e. The predicted octanol–water partition coefficient (Wildman–Crippen LogP) is 2.69. The minimum absolute atomic E-state index is 0.117. The average molecular weight is 369 g/mol. The molecule has 0 aliphatic carbocycles. The van der Waals surface area contributed by atoms with Gasteiger partial charge in [-0.3, -0.25) is 4.79 Å². The van der Waals surface area contributed by atoms with Crippen molar-refractivity contribution in [1.29, 1.82) is 0 Å². The molecule has 1 amide bonds. The number of carbonyl (C=O) groups is 1. The molecule has 0 fully saturated rings. The van der Waals surface area contributed by atoms with Crippen molar-refractivity contribution < 1.29 is 23.4 Å². The summed E-state index contributed by atoms with van der Waals surface area (Å²) in [5.74, 6) is 1.52. The lowest BCUT2D eigenvalue weighted by Gasteiger charge is -2.09. The zero-order chi connectivity index (χ0) is 19.2. The van der Waals surface area contributed by atoms with E-state index in [0.717, 1.165) is 5.56 Å². The molecule has 2 aromatic carbocycles. The van der Waals surface area contributed by atoms with Crippen molar-refractivity contribution >= 4 is 5.91 Å². The van der Waals surface area contributed by atoms with Crippen molar-refractivity contribution in [3.8, 4) is 28.7 Å². The second-order valence-electron chi connectivity index (χ2n) is 5.52. The van der Waals surface area contributed by atoms with E-state index in [1.54, 1.807) is 57.7 Å². The van der Waals surface area contributed by atoms with Gasteiger partial charge in [0.1, 0.15) is 5.75 Å². The number of hydrogen-bond donors (Lipinski definition) is 1. The Morgan fingerprint density at radius 3 is 2.56 bits per heavy atom. The highest BCUT2D eigenvalue weighted by Gasteiger charge is 2.16. The molecule has 27 heavy (non-hydrogen) atoms. The van der Waals surface area contributed by atoms with Crippen LogP contribution in [0.4, 0.5) is 0 Å². The summed E-state index contributed by atoms with van der Waals surface area (Å²) in [6.07, 6.45) is 0. The molecule has 1 N–H and O–H groups in total. The number of hydrogen-bond acceptors (Lipinski definition) is 7. The summed E-state index contributed by atoms with van der Waals surface area (Å²) in [5, 5.41) is 10.5. The molecule has 0 atom stereocenters. The molecule has 3 aromatic rings. The molecule has 1 aromatic heterocycles. The van der Waals surface area contributed by atoms with Crippen LogP contribution in [0.5, 0.6) is 17.2 Å². The van der Waals surface area contributed by atoms with Crippen LogP contribution in [-0.2, 0) is 6.54 Å². The summed E-state index contributed by atoms with van der Waals surface area (Å²) in [7, 11) is 4.69.